The number of esters is 1. The van der Waals surface area contributed by atoms with Gasteiger partial charge < -0.3 is 9.94 Å². The van der Waals surface area contributed by atoms with Gasteiger partial charge in [-0.3, -0.25) is 4.79 Å². The Morgan fingerprint density at radius 1 is 1.43 bits per heavy atom. The van der Waals surface area contributed by atoms with E-state index in [1.807, 2.05) is 0 Å². The number of ketones is 1. The largest absolute Gasteiger partial charge is 0.466 e. The van der Waals surface area contributed by atoms with Gasteiger partial charge in [0.1, 0.15) is 5.71 Å². The predicted molar refractivity (Wildman–Crippen MR) is 50.3 cm³/mol. The van der Waals surface area contributed by atoms with Crippen molar-refractivity contribution in [2.24, 2.45) is 5.16 Å². The van der Waals surface area contributed by atoms with Crippen molar-refractivity contribution >= 4 is 17.5 Å². The molecule has 1 N–H and O–H groups in total. The molecule has 0 amide bonds. The van der Waals surface area contributed by atoms with Crippen LogP contribution in [0.5, 0.6) is 0 Å². The summed E-state index contributed by atoms with van der Waals surface area (Å²) in [6.45, 7) is 2.94. The number of methoxy groups -OCH3 is 1. The molecule has 0 saturated carbocycles. The molecule has 0 heterocycles. The zero-order valence-corrected chi connectivity index (χ0v) is 8.40. The monoisotopic (exact) mass is 199 g/mol. The van der Waals surface area contributed by atoms with Crippen LogP contribution in [0.25, 0.3) is 0 Å². The highest BCUT2D eigenvalue weighted by atomic mass is 16.5. The topological polar surface area (TPSA) is 76.0 Å². The average molecular weight is 199 g/mol. The number of carbonyl (C=O) groups is 2. The summed E-state index contributed by atoms with van der Waals surface area (Å²) in [7, 11) is 1.27. The van der Waals surface area contributed by atoms with E-state index in [4.69, 9.17) is 5.21 Å². The highest BCUT2D eigenvalue weighted by molar-refractivity contribution is 6.39. The molecule has 0 rings (SSSR count). The third kappa shape index (κ3) is 3.84. The summed E-state index contributed by atoms with van der Waals surface area (Å²) in [4.78, 5) is 22.0. The molecular weight excluding hydrogens is 186 g/mol. The molecule has 78 valence electrons. The molecule has 0 aromatic heterocycles. The standard InChI is InChI=1S/C9H13NO4/c1-6(9(12)14-3)4-5-8(11)7(2)10-13/h4,13H,5H2,1-3H3. The second-order valence-corrected chi connectivity index (χ2v) is 2.69. The van der Waals surface area contributed by atoms with Crippen LogP contribution in [0.4, 0.5) is 0 Å². The van der Waals surface area contributed by atoms with Crippen LogP contribution in [-0.4, -0.2) is 29.8 Å². The summed E-state index contributed by atoms with van der Waals surface area (Å²) < 4.78 is 4.43. The van der Waals surface area contributed by atoms with E-state index < -0.39 is 5.97 Å². The summed E-state index contributed by atoms with van der Waals surface area (Å²) in [6, 6.07) is 0. The smallest absolute Gasteiger partial charge is 0.333 e. The zero-order valence-electron chi connectivity index (χ0n) is 8.40. The van der Waals surface area contributed by atoms with E-state index in [9.17, 15) is 9.59 Å². The lowest BCUT2D eigenvalue weighted by atomic mass is 10.1. The lowest BCUT2D eigenvalue weighted by Gasteiger charge is -1.98. The molecule has 0 unspecified atom stereocenters. The lowest BCUT2D eigenvalue weighted by molar-refractivity contribution is -0.136. The van der Waals surface area contributed by atoms with E-state index in [0.29, 0.717) is 5.57 Å². The van der Waals surface area contributed by atoms with Crippen molar-refractivity contribution in [1.29, 1.82) is 0 Å². The second kappa shape index (κ2) is 5.90. The molecule has 0 fully saturated rings. The molecule has 0 aliphatic carbocycles. The van der Waals surface area contributed by atoms with Crippen LogP contribution in [0, 0.1) is 0 Å². The van der Waals surface area contributed by atoms with Crippen LogP contribution in [0.2, 0.25) is 0 Å². The Labute approximate surface area is 82.0 Å². The third-order valence-electron chi connectivity index (χ3n) is 1.65. The first-order valence-electron chi connectivity index (χ1n) is 3.99. The molecule has 0 spiro atoms. The fourth-order valence-electron chi connectivity index (χ4n) is 0.694. The number of carbonyl (C=O) groups excluding carboxylic acids is 2. The summed E-state index contributed by atoms with van der Waals surface area (Å²) in [5, 5.41) is 11.0. The number of Topliss-reactive ketones (excluding diaryl/α,β-unsaturated/α-hetero) is 1. The first-order chi connectivity index (χ1) is 6.52. The average Bonchev–Trinajstić information content (AvgIpc) is 2.22. The Bertz CT molecular complexity index is 291. The maximum absolute atomic E-state index is 11.1. The number of rotatable bonds is 4. The highest BCUT2D eigenvalue weighted by Crippen LogP contribution is 1.99. The fourth-order valence-corrected chi connectivity index (χ4v) is 0.694. The molecular formula is C9H13NO4. The molecule has 0 atom stereocenters. The van der Waals surface area contributed by atoms with Crippen molar-refractivity contribution in [3.63, 3.8) is 0 Å². The normalized spacial score (nSPS) is 12.5. The summed E-state index contributed by atoms with van der Waals surface area (Å²) in [5.74, 6) is -0.813. The van der Waals surface area contributed by atoms with Crippen molar-refractivity contribution in [1.82, 2.24) is 0 Å². The Hall–Kier alpha value is -1.65. The van der Waals surface area contributed by atoms with Gasteiger partial charge in [0.05, 0.1) is 7.11 Å². The Morgan fingerprint density at radius 3 is 2.43 bits per heavy atom. The third-order valence-corrected chi connectivity index (χ3v) is 1.65. The second-order valence-electron chi connectivity index (χ2n) is 2.69. The molecule has 0 aromatic carbocycles. The zero-order chi connectivity index (χ0) is 11.1. The van der Waals surface area contributed by atoms with Crippen molar-refractivity contribution in [2.75, 3.05) is 7.11 Å². The first kappa shape index (κ1) is 12.3. The van der Waals surface area contributed by atoms with E-state index in [-0.39, 0.29) is 17.9 Å². The molecule has 5 heteroatoms. The van der Waals surface area contributed by atoms with E-state index >= 15 is 0 Å². The van der Waals surface area contributed by atoms with Crippen LogP contribution in [0.15, 0.2) is 16.8 Å². The summed E-state index contributed by atoms with van der Waals surface area (Å²) in [5.41, 5.74) is 0.366. The molecule has 0 aliphatic heterocycles. The van der Waals surface area contributed by atoms with Crippen LogP contribution in [0.3, 0.4) is 0 Å². The van der Waals surface area contributed by atoms with Crippen molar-refractivity contribution < 1.29 is 19.5 Å². The summed E-state index contributed by atoms with van der Waals surface area (Å²) in [6.07, 6.45) is 1.46. The van der Waals surface area contributed by atoms with Crippen LogP contribution < -0.4 is 0 Å². The van der Waals surface area contributed by atoms with E-state index in [1.165, 1.54) is 20.1 Å². The first-order valence-corrected chi connectivity index (χ1v) is 3.99. The molecule has 0 bridgehead atoms. The minimum atomic E-state index is -0.476. The molecule has 0 radical (unpaired) electrons. The van der Waals surface area contributed by atoms with E-state index in [2.05, 4.69) is 9.89 Å². The molecule has 14 heavy (non-hydrogen) atoms. The SMILES string of the molecule is COC(=O)C(C)=CCC(=O)C(C)=NO. The van der Waals surface area contributed by atoms with Crippen molar-refractivity contribution in [2.45, 2.75) is 20.3 Å². The Kier molecular flexibility index (Phi) is 5.21. The number of hydrogen-bond acceptors (Lipinski definition) is 5. The van der Waals surface area contributed by atoms with Crippen molar-refractivity contribution in [3.8, 4) is 0 Å². The summed E-state index contributed by atoms with van der Waals surface area (Å²) >= 11 is 0. The van der Waals surface area contributed by atoms with Gasteiger partial charge in [-0.2, -0.15) is 0 Å². The minimum absolute atomic E-state index is 0.0129. The van der Waals surface area contributed by atoms with Gasteiger partial charge in [0.25, 0.3) is 0 Å². The maximum Gasteiger partial charge on any atom is 0.333 e. The van der Waals surface area contributed by atoms with Gasteiger partial charge in [0.15, 0.2) is 5.78 Å². The van der Waals surface area contributed by atoms with Gasteiger partial charge in [-0.1, -0.05) is 11.2 Å². The minimum Gasteiger partial charge on any atom is -0.466 e. The van der Waals surface area contributed by atoms with Gasteiger partial charge in [-0.15, -0.1) is 0 Å². The van der Waals surface area contributed by atoms with Gasteiger partial charge >= 0.3 is 5.97 Å². The quantitative estimate of drug-likeness (QED) is 0.240. The van der Waals surface area contributed by atoms with Crippen molar-refractivity contribution in [3.05, 3.63) is 11.6 Å². The number of allylic oxidation sites excluding steroid dienone is 1. The van der Waals surface area contributed by atoms with Crippen LogP contribution in [0.1, 0.15) is 20.3 Å². The number of ether oxygens (including phenoxy) is 1. The van der Waals surface area contributed by atoms with E-state index in [1.54, 1.807) is 6.92 Å². The van der Waals surface area contributed by atoms with Gasteiger partial charge in [-0.05, 0) is 13.8 Å². The molecule has 0 saturated heterocycles. The van der Waals surface area contributed by atoms with Gasteiger partial charge in [-0.25, -0.2) is 4.79 Å². The maximum atomic E-state index is 11.1. The molecule has 5 nitrogen and oxygen atoms in total. The molecule has 0 aromatic rings. The predicted octanol–water partition coefficient (Wildman–Crippen LogP) is 0.915. The molecule has 0 aliphatic rings. The number of hydrogen-bond donors (Lipinski definition) is 1. The van der Waals surface area contributed by atoms with Gasteiger partial charge in [0.2, 0.25) is 0 Å². The number of nitrogens with zero attached hydrogens (tertiary/aromatic N) is 1. The highest BCUT2D eigenvalue weighted by Gasteiger charge is 2.07. The fraction of sp³-hybridized carbons (Fsp3) is 0.444. The Morgan fingerprint density at radius 2 is 2.00 bits per heavy atom. The van der Waals surface area contributed by atoms with E-state index in [0.717, 1.165) is 0 Å². The number of oxime groups is 1. The van der Waals surface area contributed by atoms with Crippen LogP contribution >= 0.6 is 0 Å². The lowest BCUT2D eigenvalue weighted by Crippen LogP contribution is -2.09. The van der Waals surface area contributed by atoms with Gasteiger partial charge in [0, 0.05) is 12.0 Å². The Balaban J connectivity index is 4.30. The van der Waals surface area contributed by atoms with Crippen LogP contribution in [-0.2, 0) is 14.3 Å².